The van der Waals surface area contributed by atoms with Gasteiger partial charge in [0, 0.05) is 35.7 Å². The summed E-state index contributed by atoms with van der Waals surface area (Å²) in [6, 6.07) is 20.5. The molecule has 0 aliphatic rings. The number of aromatic amines is 1. The molecule has 0 bridgehead atoms. The number of carboxylic acid groups (broad SMARTS) is 2. The summed E-state index contributed by atoms with van der Waals surface area (Å²) in [5.41, 5.74) is 1.45. The number of aliphatic hydroxyl groups is 1. The number of H-pyrrole nitrogens is 1. The molecule has 226 valence electrons. The van der Waals surface area contributed by atoms with Crippen molar-refractivity contribution in [2.45, 2.75) is 18.4 Å². The molecule has 0 saturated carbocycles. The lowest BCUT2D eigenvalue weighted by Gasteiger charge is -2.17. The molecule has 1 aromatic heterocycles. The summed E-state index contributed by atoms with van der Waals surface area (Å²) in [6.07, 6.45) is 0.938. The number of fused-ring (bicyclic) bond motifs is 1. The Hall–Kier alpha value is -5.07. The monoisotopic (exact) mass is 596 g/mol. The lowest BCUT2D eigenvalue weighted by molar-refractivity contribution is -0.134. The number of rotatable bonds is 12. The van der Waals surface area contributed by atoms with E-state index in [1.807, 2.05) is 12.1 Å². The second-order valence-corrected chi connectivity index (χ2v) is 9.27. The number of ether oxygens (including phenoxy) is 1. The third-order valence-corrected chi connectivity index (χ3v) is 6.10. The van der Waals surface area contributed by atoms with Crippen molar-refractivity contribution in [2.24, 2.45) is 0 Å². The Labute approximate surface area is 244 Å². The van der Waals surface area contributed by atoms with Crippen LogP contribution >= 0.6 is 0 Å². The highest BCUT2D eigenvalue weighted by Crippen LogP contribution is 2.29. The van der Waals surface area contributed by atoms with Gasteiger partial charge in [-0.25, -0.2) is 9.59 Å². The second kappa shape index (κ2) is 15.2. The summed E-state index contributed by atoms with van der Waals surface area (Å²) in [4.78, 5) is 33.2. The first-order chi connectivity index (χ1) is 20.5. The molecule has 10 nitrogen and oxygen atoms in total. The van der Waals surface area contributed by atoms with E-state index in [0.29, 0.717) is 41.8 Å². The summed E-state index contributed by atoms with van der Waals surface area (Å²) in [7, 11) is 0. The first kappa shape index (κ1) is 32.4. The molecule has 0 saturated heterocycles. The lowest BCUT2D eigenvalue weighted by Crippen LogP contribution is -2.24. The molecule has 0 spiro atoms. The topological polar surface area (TPSA) is 169 Å². The maximum atomic E-state index is 14.3. The quantitative estimate of drug-likeness (QED) is 0.105. The molecule has 1 atom stereocenters. The SMILES string of the molecule is O=C(O)/C=C/C(=O)O.O=c1ccc2c([C@@H](O)CNCCc3ccc(OCC(F)(F)c4ccccc4)cc3)ccc(O)c2[nH]1. The summed E-state index contributed by atoms with van der Waals surface area (Å²) >= 11 is 0. The van der Waals surface area contributed by atoms with Crippen LogP contribution in [0.3, 0.4) is 0 Å². The fraction of sp³-hybridized carbons (Fsp3) is 0.194. The number of halogens is 2. The average Bonchev–Trinajstić information content (AvgIpc) is 2.99. The molecule has 4 rings (SSSR count). The molecule has 4 aromatic rings. The fourth-order valence-corrected chi connectivity index (χ4v) is 3.97. The van der Waals surface area contributed by atoms with Crippen LogP contribution in [0.1, 0.15) is 22.8 Å². The minimum absolute atomic E-state index is 0.0576. The van der Waals surface area contributed by atoms with E-state index < -0.39 is 30.6 Å². The van der Waals surface area contributed by atoms with Gasteiger partial charge < -0.3 is 35.5 Å². The molecular weight excluding hydrogens is 566 g/mol. The number of aliphatic hydroxyl groups excluding tert-OH is 1. The Morgan fingerprint density at radius 1 is 0.930 bits per heavy atom. The van der Waals surface area contributed by atoms with E-state index >= 15 is 0 Å². The van der Waals surface area contributed by atoms with Gasteiger partial charge in [-0.15, -0.1) is 0 Å². The highest BCUT2D eigenvalue weighted by Gasteiger charge is 2.32. The van der Waals surface area contributed by atoms with Crippen LogP contribution in [-0.4, -0.2) is 57.0 Å². The van der Waals surface area contributed by atoms with Crippen molar-refractivity contribution in [2.75, 3.05) is 19.7 Å². The minimum atomic E-state index is -3.08. The Bertz CT molecular complexity index is 1590. The fourth-order valence-electron chi connectivity index (χ4n) is 3.97. The Morgan fingerprint density at radius 3 is 2.21 bits per heavy atom. The van der Waals surface area contributed by atoms with Crippen LogP contribution in [0.2, 0.25) is 0 Å². The van der Waals surface area contributed by atoms with E-state index in [2.05, 4.69) is 10.3 Å². The van der Waals surface area contributed by atoms with Gasteiger partial charge in [-0.1, -0.05) is 48.5 Å². The van der Waals surface area contributed by atoms with Gasteiger partial charge in [-0.2, -0.15) is 8.78 Å². The van der Waals surface area contributed by atoms with Crippen LogP contribution in [0.25, 0.3) is 10.9 Å². The van der Waals surface area contributed by atoms with Gasteiger partial charge in [0.05, 0.1) is 11.6 Å². The van der Waals surface area contributed by atoms with Crippen molar-refractivity contribution < 1.29 is 43.5 Å². The molecule has 0 fully saturated rings. The van der Waals surface area contributed by atoms with Gasteiger partial charge in [0.1, 0.15) is 11.5 Å². The maximum Gasteiger partial charge on any atom is 0.328 e. The number of phenolic OH excluding ortho intramolecular Hbond substituents is 1. The van der Waals surface area contributed by atoms with E-state index in [1.54, 1.807) is 42.5 Å². The summed E-state index contributed by atoms with van der Waals surface area (Å²) in [6.45, 7) is 0.112. The maximum absolute atomic E-state index is 14.3. The number of hydrogen-bond donors (Lipinski definition) is 6. The first-order valence-electron chi connectivity index (χ1n) is 13.0. The molecule has 12 heteroatoms. The van der Waals surface area contributed by atoms with E-state index in [0.717, 1.165) is 5.56 Å². The zero-order valence-corrected chi connectivity index (χ0v) is 22.7. The number of pyridine rings is 1. The lowest BCUT2D eigenvalue weighted by atomic mass is 10.0. The minimum Gasteiger partial charge on any atom is -0.506 e. The van der Waals surface area contributed by atoms with Crippen molar-refractivity contribution in [3.05, 3.63) is 118 Å². The van der Waals surface area contributed by atoms with Crippen LogP contribution in [0.5, 0.6) is 11.5 Å². The molecule has 43 heavy (non-hydrogen) atoms. The number of phenols is 1. The summed E-state index contributed by atoms with van der Waals surface area (Å²) in [5.74, 6) is -5.29. The number of aromatic nitrogens is 1. The Morgan fingerprint density at radius 2 is 1.58 bits per heavy atom. The number of nitrogens with one attached hydrogen (secondary N) is 2. The van der Waals surface area contributed by atoms with Crippen LogP contribution < -0.4 is 15.6 Å². The number of aromatic hydroxyl groups is 1. The molecule has 0 aliphatic heterocycles. The van der Waals surface area contributed by atoms with Crippen molar-refractivity contribution in [1.82, 2.24) is 10.3 Å². The highest BCUT2D eigenvalue weighted by atomic mass is 19.3. The molecule has 3 aromatic carbocycles. The average molecular weight is 597 g/mol. The second-order valence-electron chi connectivity index (χ2n) is 9.27. The number of carbonyl (C=O) groups is 2. The number of carboxylic acids is 2. The Balaban J connectivity index is 0.000000557. The molecule has 0 aliphatic carbocycles. The molecule has 0 amide bonds. The van der Waals surface area contributed by atoms with Crippen molar-refractivity contribution >= 4 is 22.8 Å². The van der Waals surface area contributed by atoms with Crippen LogP contribution in [0.15, 0.2) is 95.8 Å². The van der Waals surface area contributed by atoms with E-state index in [9.17, 15) is 33.4 Å². The number of aliphatic carboxylic acids is 2. The summed E-state index contributed by atoms with van der Waals surface area (Å²) in [5, 5.41) is 40.0. The van der Waals surface area contributed by atoms with Gasteiger partial charge >= 0.3 is 17.9 Å². The highest BCUT2D eigenvalue weighted by molar-refractivity contribution is 5.89. The molecule has 0 radical (unpaired) electrons. The van der Waals surface area contributed by atoms with Gasteiger partial charge in [0.2, 0.25) is 5.56 Å². The van der Waals surface area contributed by atoms with Crippen molar-refractivity contribution in [1.29, 1.82) is 0 Å². The van der Waals surface area contributed by atoms with Crippen molar-refractivity contribution in [3.8, 4) is 11.5 Å². The van der Waals surface area contributed by atoms with Crippen molar-refractivity contribution in [3.63, 3.8) is 0 Å². The van der Waals surface area contributed by atoms with Gasteiger partial charge in [-0.05, 0) is 48.4 Å². The predicted octanol–water partition coefficient (Wildman–Crippen LogP) is 3.98. The molecule has 1 heterocycles. The largest absolute Gasteiger partial charge is 0.506 e. The number of hydrogen-bond acceptors (Lipinski definition) is 7. The zero-order valence-electron chi connectivity index (χ0n) is 22.7. The first-order valence-corrected chi connectivity index (χ1v) is 13.0. The third kappa shape index (κ3) is 10.1. The normalized spacial score (nSPS) is 12.0. The summed E-state index contributed by atoms with van der Waals surface area (Å²) < 4.78 is 33.8. The van der Waals surface area contributed by atoms with E-state index in [4.69, 9.17) is 14.9 Å². The third-order valence-electron chi connectivity index (χ3n) is 6.10. The van der Waals surface area contributed by atoms with Gasteiger partial charge in [-0.3, -0.25) is 4.79 Å². The van der Waals surface area contributed by atoms with Crippen LogP contribution in [0, 0.1) is 0 Å². The van der Waals surface area contributed by atoms with Gasteiger partial charge in [0.25, 0.3) is 0 Å². The Kier molecular flexibility index (Phi) is 11.5. The smallest absolute Gasteiger partial charge is 0.328 e. The number of benzene rings is 3. The molecule has 0 unspecified atom stereocenters. The van der Waals surface area contributed by atoms with Gasteiger partial charge in [0.15, 0.2) is 6.61 Å². The molecule has 6 N–H and O–H groups in total. The predicted molar refractivity (Wildman–Crippen MR) is 154 cm³/mol. The van der Waals surface area contributed by atoms with Crippen LogP contribution in [0.4, 0.5) is 8.78 Å². The zero-order chi connectivity index (χ0) is 31.4. The van der Waals surface area contributed by atoms with E-state index in [-0.39, 0.29) is 28.9 Å². The number of alkyl halides is 2. The van der Waals surface area contributed by atoms with E-state index in [1.165, 1.54) is 24.3 Å². The molecular formula is C31H30F2N2O8. The standard InChI is InChI=1S/C27H26F2N2O4.C4H4O4/c28-27(29,19-4-2-1-3-5-19)17-35-20-8-6-18(7-9-20)14-15-30-16-24(33)21-10-12-23(32)26-22(21)11-13-25(34)31-26;5-3(6)1-2-4(7)8/h1-13,24,30,32-33H,14-17H2,(H,31,34);1-2H,(H,5,6)(H,7,8)/b;2-1+/t24-;/m0./s1. The van der Waals surface area contributed by atoms with Crippen LogP contribution in [-0.2, 0) is 21.9 Å².